The largest absolute Gasteiger partial charge is 0.478 e. The number of nitrogens with one attached hydrogen (secondary N) is 1. The van der Waals surface area contributed by atoms with Gasteiger partial charge in [-0.25, -0.2) is 9.78 Å². The van der Waals surface area contributed by atoms with Gasteiger partial charge in [-0.15, -0.1) is 0 Å². The fourth-order valence-electron chi connectivity index (χ4n) is 1.83. The van der Waals surface area contributed by atoms with Crippen LogP contribution in [-0.4, -0.2) is 22.0 Å². The summed E-state index contributed by atoms with van der Waals surface area (Å²) in [5, 5.41) is 11.9. The molecule has 102 valence electrons. The first kappa shape index (κ1) is 13.5. The molecule has 0 unspecified atom stereocenters. The van der Waals surface area contributed by atoms with Gasteiger partial charge in [0.05, 0.1) is 11.1 Å². The smallest absolute Gasteiger partial charge is 0.335 e. The molecule has 0 aliphatic carbocycles. The summed E-state index contributed by atoms with van der Waals surface area (Å²) in [5.41, 5.74) is 6.98. The molecule has 1 aromatic carbocycles. The van der Waals surface area contributed by atoms with E-state index in [1.54, 1.807) is 31.3 Å². The number of aromatic carboxylic acids is 1. The Labute approximate surface area is 115 Å². The number of carboxylic acid groups (broad SMARTS) is 1. The molecule has 1 heterocycles. The number of nitrogens with zero attached hydrogens (tertiary/aromatic N) is 1. The Morgan fingerprint density at radius 2 is 2.05 bits per heavy atom. The van der Waals surface area contributed by atoms with Crippen molar-refractivity contribution in [2.24, 2.45) is 5.73 Å². The van der Waals surface area contributed by atoms with Crippen LogP contribution in [0.4, 0.5) is 11.5 Å². The zero-order chi connectivity index (χ0) is 14.7. The van der Waals surface area contributed by atoms with Crippen molar-refractivity contribution in [1.82, 2.24) is 4.98 Å². The van der Waals surface area contributed by atoms with E-state index in [2.05, 4.69) is 10.3 Å². The highest BCUT2D eigenvalue weighted by atomic mass is 16.4. The number of aryl methyl sites for hydroxylation is 1. The first-order valence-electron chi connectivity index (χ1n) is 5.85. The molecule has 20 heavy (non-hydrogen) atoms. The van der Waals surface area contributed by atoms with Gasteiger partial charge >= 0.3 is 5.97 Å². The normalized spacial score (nSPS) is 10.1. The van der Waals surface area contributed by atoms with Gasteiger partial charge in [0, 0.05) is 11.9 Å². The number of benzene rings is 1. The summed E-state index contributed by atoms with van der Waals surface area (Å²) in [4.78, 5) is 26.4. The molecule has 1 aromatic heterocycles. The molecule has 1 amide bonds. The quantitative estimate of drug-likeness (QED) is 0.788. The lowest BCUT2D eigenvalue weighted by molar-refractivity contribution is 0.0696. The van der Waals surface area contributed by atoms with Crippen LogP contribution < -0.4 is 11.1 Å². The number of aromatic nitrogens is 1. The van der Waals surface area contributed by atoms with E-state index in [0.717, 1.165) is 0 Å². The van der Waals surface area contributed by atoms with Gasteiger partial charge in [-0.1, -0.05) is 6.07 Å². The number of rotatable bonds is 4. The Morgan fingerprint density at radius 3 is 2.70 bits per heavy atom. The maximum absolute atomic E-state index is 11.5. The van der Waals surface area contributed by atoms with Crippen molar-refractivity contribution in [2.75, 3.05) is 5.32 Å². The first-order valence-corrected chi connectivity index (χ1v) is 5.85. The summed E-state index contributed by atoms with van der Waals surface area (Å²) in [5.74, 6) is -1.31. The molecule has 4 N–H and O–H groups in total. The summed E-state index contributed by atoms with van der Waals surface area (Å²) in [6, 6.07) is 7.90. The molecule has 0 spiro atoms. The van der Waals surface area contributed by atoms with Crippen LogP contribution in [0.1, 0.15) is 26.3 Å². The van der Waals surface area contributed by atoms with E-state index < -0.39 is 11.9 Å². The molecule has 6 nitrogen and oxygen atoms in total. The SMILES string of the molecule is Cc1ccnc(Nc2cccc(C(=O)O)c2)c1C(N)=O. The van der Waals surface area contributed by atoms with Gasteiger partial charge in [-0.2, -0.15) is 0 Å². The minimum absolute atomic E-state index is 0.142. The third-order valence-electron chi connectivity index (χ3n) is 2.78. The lowest BCUT2D eigenvalue weighted by atomic mass is 10.1. The van der Waals surface area contributed by atoms with E-state index in [1.165, 1.54) is 12.1 Å². The summed E-state index contributed by atoms with van der Waals surface area (Å²) in [6.07, 6.45) is 1.55. The second-order valence-electron chi connectivity index (χ2n) is 4.23. The topological polar surface area (TPSA) is 105 Å². The second-order valence-corrected chi connectivity index (χ2v) is 4.23. The lowest BCUT2D eigenvalue weighted by Gasteiger charge is -2.11. The van der Waals surface area contributed by atoms with Crippen molar-refractivity contribution in [1.29, 1.82) is 0 Å². The number of anilines is 2. The third kappa shape index (κ3) is 2.74. The van der Waals surface area contributed by atoms with Crippen LogP contribution in [0, 0.1) is 6.92 Å². The van der Waals surface area contributed by atoms with Gasteiger partial charge < -0.3 is 16.2 Å². The summed E-state index contributed by atoms with van der Waals surface area (Å²) in [7, 11) is 0. The number of hydrogen-bond acceptors (Lipinski definition) is 4. The number of primary amides is 1. The maximum Gasteiger partial charge on any atom is 0.335 e. The Balaban J connectivity index is 2.40. The predicted octanol–water partition coefficient (Wildman–Crippen LogP) is 1.93. The van der Waals surface area contributed by atoms with Gasteiger partial charge in [-0.3, -0.25) is 4.79 Å². The van der Waals surface area contributed by atoms with E-state index in [0.29, 0.717) is 17.1 Å². The molecule has 0 atom stereocenters. The second kappa shape index (κ2) is 5.40. The fourth-order valence-corrected chi connectivity index (χ4v) is 1.83. The molecule has 0 saturated carbocycles. The van der Waals surface area contributed by atoms with Crippen LogP contribution in [0.15, 0.2) is 36.5 Å². The molecule has 0 aliphatic rings. The highest BCUT2D eigenvalue weighted by Crippen LogP contribution is 2.21. The minimum atomic E-state index is -1.03. The van der Waals surface area contributed by atoms with Gasteiger partial charge in [-0.05, 0) is 36.8 Å². The van der Waals surface area contributed by atoms with Gasteiger partial charge in [0.25, 0.3) is 5.91 Å². The Hall–Kier alpha value is -2.89. The van der Waals surface area contributed by atoms with E-state index in [1.807, 2.05) is 0 Å². The number of carboxylic acids is 1. The first-order chi connectivity index (χ1) is 9.49. The average Bonchev–Trinajstić information content (AvgIpc) is 2.38. The van der Waals surface area contributed by atoms with Crippen molar-refractivity contribution in [3.63, 3.8) is 0 Å². The number of amides is 1. The van der Waals surface area contributed by atoms with Crippen molar-refractivity contribution in [3.8, 4) is 0 Å². The summed E-state index contributed by atoms with van der Waals surface area (Å²) >= 11 is 0. The minimum Gasteiger partial charge on any atom is -0.478 e. The van der Waals surface area contributed by atoms with Crippen molar-refractivity contribution in [3.05, 3.63) is 53.2 Å². The van der Waals surface area contributed by atoms with Gasteiger partial charge in [0.2, 0.25) is 0 Å². The van der Waals surface area contributed by atoms with Crippen molar-refractivity contribution in [2.45, 2.75) is 6.92 Å². The number of carbonyl (C=O) groups is 2. The van der Waals surface area contributed by atoms with E-state index >= 15 is 0 Å². The monoisotopic (exact) mass is 271 g/mol. The number of pyridine rings is 1. The molecule has 0 aliphatic heterocycles. The van der Waals surface area contributed by atoms with Crippen LogP contribution in [0.2, 0.25) is 0 Å². The maximum atomic E-state index is 11.5. The third-order valence-corrected chi connectivity index (χ3v) is 2.78. The highest BCUT2D eigenvalue weighted by molar-refractivity contribution is 5.99. The number of nitrogens with two attached hydrogens (primary N) is 1. The van der Waals surface area contributed by atoms with E-state index in [4.69, 9.17) is 10.8 Å². The highest BCUT2D eigenvalue weighted by Gasteiger charge is 2.13. The molecular weight excluding hydrogens is 258 g/mol. The molecule has 2 rings (SSSR count). The van der Waals surface area contributed by atoms with Gasteiger partial charge in [0.1, 0.15) is 5.82 Å². The molecule has 0 saturated heterocycles. The van der Waals surface area contributed by atoms with Crippen LogP contribution in [0.3, 0.4) is 0 Å². The molecule has 0 bridgehead atoms. The van der Waals surface area contributed by atoms with Crippen LogP contribution in [0.5, 0.6) is 0 Å². The predicted molar refractivity (Wildman–Crippen MR) is 74.2 cm³/mol. The molecule has 0 fully saturated rings. The van der Waals surface area contributed by atoms with Crippen molar-refractivity contribution >= 4 is 23.4 Å². The van der Waals surface area contributed by atoms with Crippen LogP contribution in [-0.2, 0) is 0 Å². The summed E-state index contributed by atoms with van der Waals surface area (Å²) < 4.78 is 0. The summed E-state index contributed by atoms with van der Waals surface area (Å²) in [6.45, 7) is 1.75. The molecule has 6 heteroatoms. The molecule has 2 aromatic rings. The van der Waals surface area contributed by atoms with Crippen LogP contribution in [0.25, 0.3) is 0 Å². The zero-order valence-electron chi connectivity index (χ0n) is 10.8. The zero-order valence-corrected chi connectivity index (χ0v) is 10.8. The van der Waals surface area contributed by atoms with E-state index in [-0.39, 0.29) is 11.1 Å². The standard InChI is InChI=1S/C14H13N3O3/c1-8-5-6-16-13(11(8)12(15)18)17-10-4-2-3-9(7-10)14(19)20/h2-7H,1H3,(H2,15,18)(H,16,17)(H,19,20). The number of hydrogen-bond donors (Lipinski definition) is 3. The Morgan fingerprint density at radius 1 is 1.30 bits per heavy atom. The average molecular weight is 271 g/mol. The fraction of sp³-hybridized carbons (Fsp3) is 0.0714. The van der Waals surface area contributed by atoms with Gasteiger partial charge in [0.15, 0.2) is 0 Å². The number of carbonyl (C=O) groups excluding carboxylic acids is 1. The Kier molecular flexibility index (Phi) is 3.65. The molecule has 0 radical (unpaired) electrons. The van der Waals surface area contributed by atoms with Crippen molar-refractivity contribution < 1.29 is 14.7 Å². The van der Waals surface area contributed by atoms with Crippen LogP contribution >= 0.6 is 0 Å². The lowest BCUT2D eigenvalue weighted by Crippen LogP contribution is -2.16. The van der Waals surface area contributed by atoms with E-state index in [9.17, 15) is 9.59 Å². The molecular formula is C14H13N3O3. The Bertz CT molecular complexity index is 683.